The maximum atomic E-state index is 12.2. The molecule has 0 heterocycles. The van der Waals surface area contributed by atoms with Gasteiger partial charge < -0.3 is 10.1 Å². The van der Waals surface area contributed by atoms with E-state index in [0.717, 1.165) is 18.9 Å². The summed E-state index contributed by atoms with van der Waals surface area (Å²) in [6.45, 7) is -0.0469. The van der Waals surface area contributed by atoms with E-state index in [1.807, 2.05) is 30.3 Å². The molecule has 0 saturated heterocycles. The van der Waals surface area contributed by atoms with Crippen molar-refractivity contribution in [3.63, 3.8) is 0 Å². The van der Waals surface area contributed by atoms with Crippen LogP contribution < -0.4 is 10.5 Å². The van der Waals surface area contributed by atoms with E-state index in [2.05, 4.69) is 5.32 Å². The van der Waals surface area contributed by atoms with Crippen molar-refractivity contribution < 1.29 is 22.7 Å². The van der Waals surface area contributed by atoms with E-state index in [1.165, 1.54) is 17.7 Å². The maximum absolute atomic E-state index is 12.2. The lowest BCUT2D eigenvalue weighted by molar-refractivity contribution is -0.124. The van der Waals surface area contributed by atoms with Crippen LogP contribution >= 0.6 is 11.6 Å². The van der Waals surface area contributed by atoms with Gasteiger partial charge in [-0.15, -0.1) is 0 Å². The Bertz CT molecular complexity index is 1000. The fraction of sp³-hybridized carbons (Fsp3) is 0.263. The number of primary sulfonamides is 1. The minimum atomic E-state index is -4.00. The van der Waals surface area contributed by atoms with E-state index in [-0.39, 0.29) is 20.9 Å². The molecule has 7 nitrogen and oxygen atoms in total. The SMILES string of the molecule is NS(=O)(=O)c1ccc(Cl)c(C(=O)OCC(=O)NCC2(c3ccccc3)CC2)c1. The van der Waals surface area contributed by atoms with E-state index in [1.54, 1.807) is 0 Å². The first-order chi connectivity index (χ1) is 13.2. The first-order valence-corrected chi connectivity index (χ1v) is 10.5. The van der Waals surface area contributed by atoms with Crippen LogP contribution in [-0.2, 0) is 25.0 Å². The Kier molecular flexibility index (Phi) is 5.74. The fourth-order valence-electron chi connectivity index (χ4n) is 2.88. The van der Waals surface area contributed by atoms with Crippen LogP contribution in [0.2, 0.25) is 5.02 Å². The molecule has 1 aliphatic rings. The molecule has 9 heteroatoms. The van der Waals surface area contributed by atoms with Gasteiger partial charge in [0.2, 0.25) is 10.0 Å². The topological polar surface area (TPSA) is 116 Å². The molecule has 1 aliphatic carbocycles. The van der Waals surface area contributed by atoms with Gasteiger partial charge in [-0.05, 0) is 36.6 Å². The number of halogens is 1. The van der Waals surface area contributed by atoms with E-state index < -0.39 is 28.5 Å². The normalized spacial score (nSPS) is 14.9. The summed E-state index contributed by atoms with van der Waals surface area (Å²) in [7, 11) is -4.00. The monoisotopic (exact) mass is 422 g/mol. The molecule has 1 fully saturated rings. The zero-order valence-corrected chi connectivity index (χ0v) is 16.4. The third kappa shape index (κ3) is 4.70. The highest BCUT2D eigenvalue weighted by atomic mass is 35.5. The van der Waals surface area contributed by atoms with Crippen LogP contribution in [0.4, 0.5) is 0 Å². The molecule has 28 heavy (non-hydrogen) atoms. The Morgan fingerprint density at radius 1 is 1.14 bits per heavy atom. The molecular formula is C19H19ClN2O5S. The number of benzene rings is 2. The molecule has 1 amide bonds. The average molecular weight is 423 g/mol. The zero-order chi connectivity index (χ0) is 20.4. The summed E-state index contributed by atoms with van der Waals surface area (Å²) in [5.74, 6) is -1.36. The molecule has 2 aromatic carbocycles. The van der Waals surface area contributed by atoms with E-state index >= 15 is 0 Å². The Morgan fingerprint density at radius 2 is 1.82 bits per heavy atom. The van der Waals surface area contributed by atoms with Crippen molar-refractivity contribution in [2.24, 2.45) is 5.14 Å². The first-order valence-electron chi connectivity index (χ1n) is 8.53. The van der Waals surface area contributed by atoms with Crippen molar-refractivity contribution in [2.75, 3.05) is 13.2 Å². The largest absolute Gasteiger partial charge is 0.452 e. The molecule has 1 saturated carbocycles. The van der Waals surface area contributed by atoms with Crippen molar-refractivity contribution in [2.45, 2.75) is 23.2 Å². The van der Waals surface area contributed by atoms with Crippen LogP contribution in [0.5, 0.6) is 0 Å². The molecule has 2 aromatic rings. The van der Waals surface area contributed by atoms with Gasteiger partial charge in [-0.1, -0.05) is 41.9 Å². The number of sulfonamides is 1. The number of hydrogen-bond acceptors (Lipinski definition) is 5. The zero-order valence-electron chi connectivity index (χ0n) is 14.9. The second-order valence-electron chi connectivity index (χ2n) is 6.69. The second kappa shape index (κ2) is 7.90. The molecule has 0 unspecified atom stereocenters. The number of hydrogen-bond donors (Lipinski definition) is 2. The second-order valence-corrected chi connectivity index (χ2v) is 8.65. The highest BCUT2D eigenvalue weighted by Gasteiger charge is 2.44. The van der Waals surface area contributed by atoms with Gasteiger partial charge in [0.25, 0.3) is 5.91 Å². The van der Waals surface area contributed by atoms with Crippen LogP contribution in [-0.4, -0.2) is 33.4 Å². The number of rotatable bonds is 7. The summed E-state index contributed by atoms with van der Waals surface area (Å²) < 4.78 is 27.8. The molecule has 148 valence electrons. The number of nitrogens with two attached hydrogens (primary N) is 1. The van der Waals surface area contributed by atoms with Gasteiger partial charge in [0.15, 0.2) is 6.61 Å². The van der Waals surface area contributed by atoms with Crippen molar-refractivity contribution in [1.82, 2.24) is 5.32 Å². The Hall–Kier alpha value is -2.42. The molecular weight excluding hydrogens is 404 g/mol. The smallest absolute Gasteiger partial charge is 0.340 e. The van der Waals surface area contributed by atoms with Crippen molar-refractivity contribution in [3.8, 4) is 0 Å². The summed E-state index contributed by atoms with van der Waals surface area (Å²) in [6.07, 6.45) is 1.96. The van der Waals surface area contributed by atoms with Gasteiger partial charge in [0.1, 0.15) is 0 Å². The van der Waals surface area contributed by atoms with Crippen LogP contribution in [0, 0.1) is 0 Å². The predicted octanol–water partition coefficient (Wildman–Crippen LogP) is 1.99. The Balaban J connectivity index is 1.56. The van der Waals surface area contributed by atoms with Gasteiger partial charge in [-0.2, -0.15) is 0 Å². The van der Waals surface area contributed by atoms with Gasteiger partial charge in [0, 0.05) is 12.0 Å². The van der Waals surface area contributed by atoms with Crippen LogP contribution in [0.3, 0.4) is 0 Å². The standard InChI is InChI=1S/C19H19ClN2O5S/c20-16-7-6-14(28(21,25)26)10-15(16)18(24)27-11-17(23)22-12-19(8-9-19)13-4-2-1-3-5-13/h1-7,10H,8-9,11-12H2,(H,22,23)(H2,21,25,26). The number of ether oxygens (including phenoxy) is 1. The lowest BCUT2D eigenvalue weighted by atomic mass is 9.96. The van der Waals surface area contributed by atoms with Crippen molar-refractivity contribution in [3.05, 3.63) is 64.7 Å². The van der Waals surface area contributed by atoms with Gasteiger partial charge in [-0.3, -0.25) is 4.79 Å². The lowest BCUT2D eigenvalue weighted by Crippen LogP contribution is -2.35. The Morgan fingerprint density at radius 3 is 2.43 bits per heavy atom. The van der Waals surface area contributed by atoms with Gasteiger partial charge >= 0.3 is 5.97 Å². The minimum Gasteiger partial charge on any atom is -0.452 e. The number of esters is 1. The molecule has 0 radical (unpaired) electrons. The third-order valence-electron chi connectivity index (χ3n) is 4.68. The minimum absolute atomic E-state index is 0.00109. The molecule has 3 N–H and O–H groups in total. The number of carbonyl (C=O) groups is 2. The maximum Gasteiger partial charge on any atom is 0.340 e. The van der Waals surface area contributed by atoms with Crippen molar-refractivity contribution in [1.29, 1.82) is 0 Å². The summed E-state index contributed by atoms with van der Waals surface area (Å²) in [6, 6.07) is 13.3. The van der Waals surface area contributed by atoms with E-state index in [4.69, 9.17) is 21.5 Å². The van der Waals surface area contributed by atoms with Crippen LogP contribution in [0.25, 0.3) is 0 Å². The number of amides is 1. The molecule has 0 atom stereocenters. The Labute approximate surface area is 167 Å². The summed E-state index contributed by atoms with van der Waals surface area (Å²) in [5, 5.41) is 7.82. The molecule has 3 rings (SSSR count). The highest BCUT2D eigenvalue weighted by Crippen LogP contribution is 2.47. The first kappa shape index (κ1) is 20.3. The van der Waals surface area contributed by atoms with Crippen molar-refractivity contribution >= 4 is 33.5 Å². The van der Waals surface area contributed by atoms with Crippen LogP contribution in [0.1, 0.15) is 28.8 Å². The van der Waals surface area contributed by atoms with Gasteiger partial charge in [-0.25, -0.2) is 18.4 Å². The third-order valence-corrected chi connectivity index (χ3v) is 5.92. The molecule has 0 spiro atoms. The molecule has 0 aromatic heterocycles. The highest BCUT2D eigenvalue weighted by molar-refractivity contribution is 7.89. The fourth-order valence-corrected chi connectivity index (χ4v) is 3.61. The summed E-state index contributed by atoms with van der Waals surface area (Å²) >= 11 is 5.92. The van der Waals surface area contributed by atoms with Gasteiger partial charge in [0.05, 0.1) is 15.5 Å². The average Bonchev–Trinajstić information content (AvgIpc) is 3.46. The van der Waals surface area contributed by atoms with Crippen LogP contribution in [0.15, 0.2) is 53.4 Å². The van der Waals surface area contributed by atoms with E-state index in [9.17, 15) is 18.0 Å². The summed E-state index contributed by atoms with van der Waals surface area (Å²) in [4.78, 5) is 23.9. The number of nitrogens with one attached hydrogen (secondary N) is 1. The summed E-state index contributed by atoms with van der Waals surface area (Å²) in [5.41, 5.74) is 0.927. The quantitative estimate of drug-likeness (QED) is 0.662. The van der Waals surface area contributed by atoms with E-state index in [0.29, 0.717) is 6.54 Å². The predicted molar refractivity (Wildman–Crippen MR) is 103 cm³/mol. The number of carbonyl (C=O) groups excluding carboxylic acids is 2. The molecule has 0 bridgehead atoms. The molecule has 0 aliphatic heterocycles. The lowest BCUT2D eigenvalue weighted by Gasteiger charge is -2.16.